The van der Waals surface area contributed by atoms with Gasteiger partial charge in [-0.3, -0.25) is 0 Å². The van der Waals surface area contributed by atoms with Crippen molar-refractivity contribution in [3.05, 3.63) is 59.7 Å². The number of nitrogens with one attached hydrogen (secondary N) is 2. The lowest BCUT2D eigenvalue weighted by Crippen LogP contribution is -2.16. The Balaban J connectivity index is 1.74. The maximum Gasteiger partial charge on any atom is 0.250 e. The number of rotatable bonds is 7. The molecular weight excluding hydrogens is 358 g/mol. The average molecular weight is 379 g/mol. The number of hydrogen-bond donors (Lipinski definition) is 4. The Bertz CT molecular complexity index is 962. The summed E-state index contributed by atoms with van der Waals surface area (Å²) in [4.78, 5) is 14.7. The second kappa shape index (κ2) is 8.67. The molecule has 0 bridgehead atoms. The molecule has 0 atom stereocenters. The largest absolute Gasteiger partial charge is 0.508 e. The van der Waals surface area contributed by atoms with Gasteiger partial charge in [-0.15, -0.1) is 0 Å². The zero-order valence-electron chi connectivity index (χ0n) is 15.5. The summed E-state index contributed by atoms with van der Waals surface area (Å²) in [6.45, 7) is 0.571. The van der Waals surface area contributed by atoms with Crippen LogP contribution >= 0.6 is 0 Å². The van der Waals surface area contributed by atoms with Crippen molar-refractivity contribution < 1.29 is 10.2 Å². The smallest absolute Gasteiger partial charge is 0.250 e. The summed E-state index contributed by atoms with van der Waals surface area (Å²) >= 11 is 0. The van der Waals surface area contributed by atoms with Gasteiger partial charge in [0.05, 0.1) is 6.21 Å². The number of aromatic hydroxyl groups is 2. The normalized spacial score (nSPS) is 10.8. The van der Waals surface area contributed by atoms with Crippen LogP contribution in [0.15, 0.2) is 53.6 Å². The summed E-state index contributed by atoms with van der Waals surface area (Å²) in [6, 6.07) is 14.2. The number of phenols is 2. The van der Waals surface area contributed by atoms with Crippen LogP contribution in [-0.4, -0.2) is 45.5 Å². The van der Waals surface area contributed by atoms with Crippen LogP contribution in [0.1, 0.15) is 11.1 Å². The Morgan fingerprint density at radius 2 is 1.75 bits per heavy atom. The number of aromatic nitrogens is 3. The lowest BCUT2D eigenvalue weighted by molar-refractivity contribution is 0.450. The molecule has 0 amide bonds. The van der Waals surface area contributed by atoms with Gasteiger partial charge in [0.25, 0.3) is 0 Å². The van der Waals surface area contributed by atoms with Crippen LogP contribution in [0.4, 0.5) is 17.8 Å². The Kier molecular flexibility index (Phi) is 5.85. The standard InChI is InChI=1S/C19H21N7O2/c1-26(2)19-23-17(20-11-13-6-4-3-5-7-13)22-18(24-19)25-21-12-14-8-9-15(27)10-16(14)28/h3-10,12,27-28H,11H2,1-2H3,(H2,20,22,23,24,25)/b21-12+. The molecule has 9 nitrogen and oxygen atoms in total. The van der Waals surface area contributed by atoms with Crippen LogP contribution in [0, 0.1) is 0 Å². The zero-order valence-corrected chi connectivity index (χ0v) is 15.5. The Morgan fingerprint density at radius 1 is 1.00 bits per heavy atom. The first kappa shape index (κ1) is 18.9. The highest BCUT2D eigenvalue weighted by atomic mass is 16.3. The fourth-order valence-electron chi connectivity index (χ4n) is 2.27. The lowest BCUT2D eigenvalue weighted by atomic mass is 10.2. The Morgan fingerprint density at radius 3 is 2.46 bits per heavy atom. The van der Waals surface area contributed by atoms with Crippen molar-refractivity contribution in [3.63, 3.8) is 0 Å². The zero-order chi connectivity index (χ0) is 19.9. The summed E-state index contributed by atoms with van der Waals surface area (Å²) in [5, 5.41) is 26.3. The summed E-state index contributed by atoms with van der Waals surface area (Å²) in [5.41, 5.74) is 4.28. The fraction of sp³-hybridized carbons (Fsp3) is 0.158. The number of hydrogen-bond acceptors (Lipinski definition) is 9. The molecule has 0 radical (unpaired) electrons. The van der Waals surface area contributed by atoms with Gasteiger partial charge >= 0.3 is 0 Å². The van der Waals surface area contributed by atoms with E-state index >= 15 is 0 Å². The molecule has 9 heteroatoms. The molecule has 2 aromatic carbocycles. The van der Waals surface area contributed by atoms with Crippen molar-refractivity contribution in [2.24, 2.45) is 5.10 Å². The van der Waals surface area contributed by atoms with Crippen LogP contribution in [0.2, 0.25) is 0 Å². The fourth-order valence-corrected chi connectivity index (χ4v) is 2.27. The van der Waals surface area contributed by atoms with E-state index in [1.165, 1.54) is 18.3 Å². The first-order chi connectivity index (χ1) is 13.5. The summed E-state index contributed by atoms with van der Waals surface area (Å²) in [5.74, 6) is 1.03. The molecule has 0 unspecified atom stereocenters. The van der Waals surface area contributed by atoms with Crippen molar-refractivity contribution in [2.45, 2.75) is 6.54 Å². The van der Waals surface area contributed by atoms with Crippen molar-refractivity contribution >= 4 is 24.1 Å². The number of benzene rings is 2. The van der Waals surface area contributed by atoms with Gasteiger partial charge in [-0.2, -0.15) is 20.1 Å². The number of nitrogens with zero attached hydrogens (tertiary/aromatic N) is 5. The number of anilines is 3. The predicted octanol–water partition coefficient (Wildman–Crippen LogP) is 2.41. The maximum absolute atomic E-state index is 9.79. The van der Waals surface area contributed by atoms with E-state index in [9.17, 15) is 10.2 Å². The SMILES string of the molecule is CN(C)c1nc(NCc2ccccc2)nc(N/N=C/c2ccc(O)cc2O)n1. The molecule has 28 heavy (non-hydrogen) atoms. The van der Waals surface area contributed by atoms with Gasteiger partial charge in [-0.25, -0.2) is 5.43 Å². The van der Waals surface area contributed by atoms with Crippen molar-refractivity contribution in [2.75, 3.05) is 29.7 Å². The van der Waals surface area contributed by atoms with E-state index in [4.69, 9.17) is 0 Å². The lowest BCUT2D eigenvalue weighted by Gasteiger charge is -2.13. The third kappa shape index (κ3) is 5.07. The highest BCUT2D eigenvalue weighted by Gasteiger charge is 2.08. The maximum atomic E-state index is 9.79. The Hall–Kier alpha value is -3.88. The minimum Gasteiger partial charge on any atom is -0.508 e. The second-order valence-electron chi connectivity index (χ2n) is 6.13. The molecule has 0 saturated carbocycles. The summed E-state index contributed by atoms with van der Waals surface area (Å²) in [7, 11) is 3.66. The number of hydrazone groups is 1. The molecule has 0 aliphatic heterocycles. The van der Waals surface area contributed by atoms with Gasteiger partial charge in [0.1, 0.15) is 11.5 Å². The average Bonchev–Trinajstić information content (AvgIpc) is 2.69. The number of phenolic OH excluding ortho intramolecular Hbond substituents is 2. The highest BCUT2D eigenvalue weighted by molar-refractivity contribution is 5.84. The topological polar surface area (TPSA) is 119 Å². The van der Waals surface area contributed by atoms with Crippen molar-refractivity contribution in [3.8, 4) is 11.5 Å². The van der Waals surface area contributed by atoms with Crippen LogP contribution in [0.5, 0.6) is 11.5 Å². The van der Waals surface area contributed by atoms with E-state index in [2.05, 4.69) is 30.8 Å². The monoisotopic (exact) mass is 379 g/mol. The third-order valence-electron chi connectivity index (χ3n) is 3.70. The quantitative estimate of drug-likeness (QED) is 0.365. The van der Waals surface area contributed by atoms with Crippen molar-refractivity contribution in [1.82, 2.24) is 15.0 Å². The molecule has 1 aromatic heterocycles. The van der Waals surface area contributed by atoms with E-state index in [0.29, 0.717) is 24.0 Å². The minimum atomic E-state index is -0.0830. The van der Waals surface area contributed by atoms with Crippen LogP contribution in [-0.2, 0) is 6.54 Å². The molecular formula is C19H21N7O2. The van der Waals surface area contributed by atoms with E-state index in [0.717, 1.165) is 5.56 Å². The molecule has 0 aliphatic rings. The second-order valence-corrected chi connectivity index (χ2v) is 6.13. The molecule has 0 aliphatic carbocycles. The van der Waals surface area contributed by atoms with E-state index in [-0.39, 0.29) is 17.4 Å². The van der Waals surface area contributed by atoms with E-state index in [1.807, 2.05) is 44.4 Å². The van der Waals surface area contributed by atoms with Gasteiger partial charge in [0.15, 0.2) is 0 Å². The summed E-state index contributed by atoms with van der Waals surface area (Å²) in [6.07, 6.45) is 1.41. The van der Waals surface area contributed by atoms with Gasteiger partial charge in [-0.1, -0.05) is 30.3 Å². The van der Waals surface area contributed by atoms with Crippen LogP contribution in [0.3, 0.4) is 0 Å². The molecule has 0 saturated heterocycles. The highest BCUT2D eigenvalue weighted by Crippen LogP contribution is 2.21. The first-order valence-corrected chi connectivity index (χ1v) is 8.53. The summed E-state index contributed by atoms with van der Waals surface area (Å²) < 4.78 is 0. The first-order valence-electron chi connectivity index (χ1n) is 8.53. The van der Waals surface area contributed by atoms with Crippen LogP contribution < -0.4 is 15.6 Å². The third-order valence-corrected chi connectivity index (χ3v) is 3.70. The van der Waals surface area contributed by atoms with Gasteiger partial charge < -0.3 is 20.4 Å². The molecule has 144 valence electrons. The molecule has 3 aromatic rings. The predicted molar refractivity (Wildman–Crippen MR) is 109 cm³/mol. The molecule has 1 heterocycles. The molecule has 3 rings (SSSR count). The van der Waals surface area contributed by atoms with E-state index < -0.39 is 0 Å². The molecule has 0 spiro atoms. The van der Waals surface area contributed by atoms with Crippen LogP contribution in [0.25, 0.3) is 0 Å². The van der Waals surface area contributed by atoms with E-state index in [1.54, 1.807) is 11.0 Å². The molecule has 0 fully saturated rings. The van der Waals surface area contributed by atoms with Gasteiger partial charge in [-0.05, 0) is 17.7 Å². The van der Waals surface area contributed by atoms with Gasteiger partial charge in [0, 0.05) is 32.3 Å². The molecule has 4 N–H and O–H groups in total. The minimum absolute atomic E-state index is 0.0233. The van der Waals surface area contributed by atoms with Gasteiger partial charge in [0.2, 0.25) is 17.8 Å². The Labute approximate surface area is 162 Å². The van der Waals surface area contributed by atoms with Crippen molar-refractivity contribution in [1.29, 1.82) is 0 Å².